The van der Waals surface area contributed by atoms with Crippen molar-refractivity contribution in [3.8, 4) is 6.07 Å². The molecule has 0 radical (unpaired) electrons. The molecule has 0 aromatic rings. The number of nitrogens with zero attached hydrogens (tertiary/aromatic N) is 1. The van der Waals surface area contributed by atoms with Crippen LogP contribution in [0.5, 0.6) is 0 Å². The van der Waals surface area contributed by atoms with E-state index in [1.54, 1.807) is 14.2 Å². The van der Waals surface area contributed by atoms with Crippen molar-refractivity contribution in [3.63, 3.8) is 0 Å². The quantitative estimate of drug-likeness (QED) is 0.679. The monoisotopic (exact) mass is 213 g/mol. The van der Waals surface area contributed by atoms with Crippen molar-refractivity contribution in [3.05, 3.63) is 11.8 Å². The van der Waals surface area contributed by atoms with Crippen LogP contribution in [0.3, 0.4) is 0 Å². The summed E-state index contributed by atoms with van der Waals surface area (Å²) in [7, 11) is 4.68. The fourth-order valence-corrected chi connectivity index (χ4v) is 1.60. The van der Waals surface area contributed by atoms with Gasteiger partial charge >= 0.3 is 0 Å². The Morgan fingerprint density at radius 2 is 2.13 bits per heavy atom. The summed E-state index contributed by atoms with van der Waals surface area (Å²) >= 11 is 0. The summed E-state index contributed by atoms with van der Waals surface area (Å²) < 4.78 is 20.8. The Bertz CT molecular complexity index is 271. The van der Waals surface area contributed by atoms with Gasteiger partial charge in [0.05, 0.1) is 12.2 Å². The highest BCUT2D eigenvalue weighted by Crippen LogP contribution is 2.23. The van der Waals surface area contributed by atoms with Gasteiger partial charge in [0.25, 0.3) is 0 Å². The molecule has 0 N–H and O–H groups in total. The van der Waals surface area contributed by atoms with E-state index >= 15 is 0 Å². The fourth-order valence-electron chi connectivity index (χ4n) is 1.60. The van der Waals surface area contributed by atoms with Gasteiger partial charge in [0, 0.05) is 21.3 Å². The third-order valence-electron chi connectivity index (χ3n) is 2.33. The average Bonchev–Trinajstić information content (AvgIpc) is 2.28. The molecule has 5 nitrogen and oxygen atoms in total. The predicted octanol–water partition coefficient (Wildman–Crippen LogP) is 0.469. The van der Waals surface area contributed by atoms with Crippen LogP contribution >= 0.6 is 0 Å². The van der Waals surface area contributed by atoms with Gasteiger partial charge in [0.2, 0.25) is 0 Å². The molecule has 84 valence electrons. The van der Waals surface area contributed by atoms with Crippen LogP contribution in [0.1, 0.15) is 0 Å². The molecule has 0 unspecified atom stereocenters. The lowest BCUT2D eigenvalue weighted by molar-refractivity contribution is -0.116. The van der Waals surface area contributed by atoms with Crippen LogP contribution in [0, 0.1) is 11.3 Å². The minimum absolute atomic E-state index is 0.248. The Kier molecular flexibility index (Phi) is 4.56. The van der Waals surface area contributed by atoms with Gasteiger partial charge in [0.1, 0.15) is 30.6 Å². The molecule has 0 bridgehead atoms. The van der Waals surface area contributed by atoms with Crippen molar-refractivity contribution in [1.82, 2.24) is 0 Å². The first-order valence-corrected chi connectivity index (χ1v) is 4.58. The zero-order chi connectivity index (χ0) is 11.3. The summed E-state index contributed by atoms with van der Waals surface area (Å²) in [6.07, 6.45) is 0.443. The van der Waals surface area contributed by atoms with Gasteiger partial charge in [-0.05, 0) is 0 Å². The van der Waals surface area contributed by atoms with E-state index in [2.05, 4.69) is 0 Å². The van der Waals surface area contributed by atoms with Crippen LogP contribution in [-0.2, 0) is 18.9 Å². The summed E-state index contributed by atoms with van der Waals surface area (Å²) in [5, 5.41) is 8.86. The van der Waals surface area contributed by atoms with E-state index in [-0.39, 0.29) is 12.2 Å². The highest BCUT2D eigenvalue weighted by Gasteiger charge is 2.37. The zero-order valence-corrected chi connectivity index (χ0v) is 9.10. The number of hydrogen-bond donors (Lipinski definition) is 0. The summed E-state index contributed by atoms with van der Waals surface area (Å²) in [6.45, 7) is 0.396. The highest BCUT2D eigenvalue weighted by atomic mass is 16.6. The van der Waals surface area contributed by atoms with Gasteiger partial charge in [0.15, 0.2) is 0 Å². The molecule has 0 saturated carbocycles. The van der Waals surface area contributed by atoms with Gasteiger partial charge in [-0.15, -0.1) is 0 Å². The normalized spacial score (nSPS) is 30.3. The smallest absolute Gasteiger partial charge is 0.150 e. The average molecular weight is 213 g/mol. The topological polar surface area (TPSA) is 60.7 Å². The first-order valence-electron chi connectivity index (χ1n) is 4.58. The number of hydrogen-bond acceptors (Lipinski definition) is 5. The second-order valence-electron chi connectivity index (χ2n) is 3.17. The second-order valence-corrected chi connectivity index (χ2v) is 3.17. The van der Waals surface area contributed by atoms with Crippen LogP contribution in [0.15, 0.2) is 11.8 Å². The predicted molar refractivity (Wildman–Crippen MR) is 52.0 cm³/mol. The minimum atomic E-state index is -0.395. The second kappa shape index (κ2) is 5.71. The van der Waals surface area contributed by atoms with E-state index < -0.39 is 6.10 Å². The number of nitriles is 1. The third-order valence-corrected chi connectivity index (χ3v) is 2.33. The molecular formula is C10H15NO4. The molecule has 1 heterocycles. The number of methoxy groups -OCH3 is 3. The summed E-state index contributed by atoms with van der Waals surface area (Å²) in [5.74, 6) is 0. The van der Waals surface area contributed by atoms with Gasteiger partial charge < -0.3 is 18.9 Å². The van der Waals surface area contributed by atoms with Crippen molar-refractivity contribution in [2.24, 2.45) is 0 Å². The molecule has 0 fully saturated rings. The largest absolute Gasteiger partial charge is 0.492 e. The summed E-state index contributed by atoms with van der Waals surface area (Å²) in [4.78, 5) is 0. The van der Waals surface area contributed by atoms with E-state index in [0.717, 1.165) is 0 Å². The van der Waals surface area contributed by atoms with Gasteiger partial charge in [-0.2, -0.15) is 5.26 Å². The lowest BCUT2D eigenvalue weighted by Crippen LogP contribution is -2.46. The molecule has 5 heteroatoms. The first kappa shape index (κ1) is 12.0. The van der Waals surface area contributed by atoms with E-state index in [1.807, 2.05) is 6.07 Å². The highest BCUT2D eigenvalue weighted by molar-refractivity contribution is 5.27. The van der Waals surface area contributed by atoms with Gasteiger partial charge in [-0.1, -0.05) is 0 Å². The Morgan fingerprint density at radius 3 is 2.60 bits per heavy atom. The van der Waals surface area contributed by atoms with Crippen LogP contribution in [-0.4, -0.2) is 46.2 Å². The zero-order valence-electron chi connectivity index (χ0n) is 9.10. The van der Waals surface area contributed by atoms with Crippen LogP contribution in [0.2, 0.25) is 0 Å². The maximum Gasteiger partial charge on any atom is 0.150 e. The van der Waals surface area contributed by atoms with Crippen molar-refractivity contribution < 1.29 is 18.9 Å². The van der Waals surface area contributed by atoms with Crippen molar-refractivity contribution in [2.75, 3.05) is 27.9 Å². The molecule has 0 aromatic carbocycles. The molecule has 0 aliphatic carbocycles. The Balaban J connectivity index is 2.83. The molecular weight excluding hydrogens is 198 g/mol. The molecule has 1 rings (SSSR count). The molecule has 15 heavy (non-hydrogen) atoms. The first-order chi connectivity index (χ1) is 7.28. The van der Waals surface area contributed by atoms with Crippen molar-refractivity contribution >= 4 is 0 Å². The van der Waals surface area contributed by atoms with Gasteiger partial charge in [-0.25, -0.2) is 0 Å². The lowest BCUT2D eigenvalue weighted by Gasteiger charge is -2.34. The van der Waals surface area contributed by atoms with Crippen molar-refractivity contribution in [2.45, 2.75) is 18.3 Å². The SMILES string of the molecule is COC[C@H]1OC=C(C#N)[C@@H](OC)[C@@H]1OC. The van der Waals surface area contributed by atoms with E-state index in [9.17, 15) is 0 Å². The minimum Gasteiger partial charge on any atom is -0.492 e. The van der Waals surface area contributed by atoms with Gasteiger partial charge in [-0.3, -0.25) is 0 Å². The van der Waals surface area contributed by atoms with Crippen LogP contribution < -0.4 is 0 Å². The molecule has 0 amide bonds. The molecule has 1 aliphatic rings. The van der Waals surface area contributed by atoms with Crippen molar-refractivity contribution in [1.29, 1.82) is 5.26 Å². The lowest BCUT2D eigenvalue weighted by atomic mass is 9.99. The third kappa shape index (κ3) is 2.48. The summed E-state index contributed by atoms with van der Waals surface area (Å²) in [6, 6.07) is 2.02. The van der Waals surface area contributed by atoms with E-state index in [0.29, 0.717) is 12.2 Å². The molecule has 3 atom stereocenters. The van der Waals surface area contributed by atoms with E-state index in [4.69, 9.17) is 24.2 Å². The molecule has 0 saturated heterocycles. The maximum atomic E-state index is 8.86. The molecule has 0 spiro atoms. The maximum absolute atomic E-state index is 8.86. The number of rotatable bonds is 4. The van der Waals surface area contributed by atoms with Crippen LogP contribution in [0.25, 0.3) is 0 Å². The molecule has 0 aromatic heterocycles. The number of ether oxygens (including phenoxy) is 4. The van der Waals surface area contributed by atoms with Crippen LogP contribution in [0.4, 0.5) is 0 Å². The fraction of sp³-hybridized carbons (Fsp3) is 0.700. The summed E-state index contributed by atoms with van der Waals surface area (Å²) in [5.41, 5.74) is 0.428. The Morgan fingerprint density at radius 1 is 1.40 bits per heavy atom. The molecule has 1 aliphatic heterocycles. The Labute approximate surface area is 89.2 Å². The standard InChI is InChI=1S/C10H15NO4/c1-12-6-8-10(14-3)9(13-2)7(4-11)5-15-8/h5,8-10H,6H2,1-3H3/t8-,9-,10-/m1/s1. The Hall–Kier alpha value is -1.09. The van der Waals surface area contributed by atoms with E-state index in [1.165, 1.54) is 13.4 Å².